The SMILES string of the molecule is CCn1c(C2CC2)nc(-c2cccc(C#N)c2)c1N. The molecular weight excluding hydrogens is 236 g/mol. The van der Waals surface area contributed by atoms with Crippen molar-refractivity contribution < 1.29 is 0 Å². The van der Waals surface area contributed by atoms with Gasteiger partial charge < -0.3 is 10.3 Å². The number of nitrogens with two attached hydrogens (primary N) is 1. The van der Waals surface area contributed by atoms with Gasteiger partial charge in [0.15, 0.2) is 0 Å². The Morgan fingerprint density at radius 3 is 2.89 bits per heavy atom. The molecule has 96 valence electrons. The van der Waals surface area contributed by atoms with E-state index in [1.54, 1.807) is 6.07 Å². The van der Waals surface area contributed by atoms with Crippen LogP contribution in [-0.2, 0) is 6.54 Å². The van der Waals surface area contributed by atoms with E-state index in [1.165, 1.54) is 12.8 Å². The largest absolute Gasteiger partial charge is 0.383 e. The lowest BCUT2D eigenvalue weighted by Gasteiger charge is -2.05. The van der Waals surface area contributed by atoms with Crippen molar-refractivity contribution in [3.05, 3.63) is 35.7 Å². The molecule has 1 aromatic carbocycles. The number of hydrogen-bond donors (Lipinski definition) is 1. The van der Waals surface area contributed by atoms with Crippen molar-refractivity contribution >= 4 is 5.82 Å². The van der Waals surface area contributed by atoms with Gasteiger partial charge in [-0.2, -0.15) is 5.26 Å². The minimum absolute atomic E-state index is 0.565. The summed E-state index contributed by atoms with van der Waals surface area (Å²) >= 11 is 0. The van der Waals surface area contributed by atoms with Crippen LogP contribution in [-0.4, -0.2) is 9.55 Å². The zero-order valence-corrected chi connectivity index (χ0v) is 10.9. The van der Waals surface area contributed by atoms with Gasteiger partial charge in [0.2, 0.25) is 0 Å². The number of imidazole rings is 1. The van der Waals surface area contributed by atoms with Crippen molar-refractivity contribution in [1.82, 2.24) is 9.55 Å². The number of nitrogen functional groups attached to an aromatic ring is 1. The van der Waals surface area contributed by atoms with Gasteiger partial charge in [-0.05, 0) is 31.9 Å². The Bertz CT molecular complexity index is 659. The summed E-state index contributed by atoms with van der Waals surface area (Å²) in [6.45, 7) is 2.92. The van der Waals surface area contributed by atoms with E-state index in [4.69, 9.17) is 16.0 Å². The lowest BCUT2D eigenvalue weighted by atomic mass is 10.1. The van der Waals surface area contributed by atoms with Crippen LogP contribution in [0.5, 0.6) is 0 Å². The lowest BCUT2D eigenvalue weighted by Crippen LogP contribution is -2.04. The fraction of sp³-hybridized carbons (Fsp3) is 0.333. The molecule has 1 fully saturated rings. The Labute approximate surface area is 112 Å². The number of rotatable bonds is 3. The van der Waals surface area contributed by atoms with Gasteiger partial charge in [-0.15, -0.1) is 0 Å². The summed E-state index contributed by atoms with van der Waals surface area (Å²) in [5, 5.41) is 8.98. The van der Waals surface area contributed by atoms with Crippen molar-refractivity contribution in [2.45, 2.75) is 32.2 Å². The molecule has 0 amide bonds. The predicted octanol–water partition coefficient (Wildman–Crippen LogP) is 2.90. The van der Waals surface area contributed by atoms with E-state index in [9.17, 15) is 0 Å². The summed E-state index contributed by atoms with van der Waals surface area (Å²) in [6.07, 6.45) is 2.41. The van der Waals surface area contributed by atoms with E-state index >= 15 is 0 Å². The van der Waals surface area contributed by atoms with Gasteiger partial charge in [-0.3, -0.25) is 0 Å². The molecule has 0 unspecified atom stereocenters. The molecule has 1 saturated carbocycles. The van der Waals surface area contributed by atoms with Crippen LogP contribution < -0.4 is 5.73 Å². The second-order valence-electron chi connectivity index (χ2n) is 4.91. The Hall–Kier alpha value is -2.28. The monoisotopic (exact) mass is 252 g/mol. The topological polar surface area (TPSA) is 67.6 Å². The van der Waals surface area contributed by atoms with E-state index < -0.39 is 0 Å². The predicted molar refractivity (Wildman–Crippen MR) is 74.4 cm³/mol. The minimum atomic E-state index is 0.565. The smallest absolute Gasteiger partial charge is 0.131 e. The molecule has 0 radical (unpaired) electrons. The van der Waals surface area contributed by atoms with Crippen molar-refractivity contribution in [2.24, 2.45) is 0 Å². The van der Waals surface area contributed by atoms with Gasteiger partial charge in [-0.1, -0.05) is 12.1 Å². The standard InChI is InChI=1S/C15H16N4/c1-2-19-14(17)13(18-15(19)11-6-7-11)12-5-3-4-10(8-12)9-16/h3-5,8,11H,2,6-7,17H2,1H3. The molecule has 0 bridgehead atoms. The number of aromatic nitrogens is 2. The van der Waals surface area contributed by atoms with Crippen LogP contribution in [0.15, 0.2) is 24.3 Å². The minimum Gasteiger partial charge on any atom is -0.383 e. The number of nitrogens with zero attached hydrogens (tertiary/aromatic N) is 3. The third-order valence-corrected chi connectivity index (χ3v) is 3.56. The molecule has 0 saturated heterocycles. The number of hydrogen-bond acceptors (Lipinski definition) is 3. The van der Waals surface area contributed by atoms with E-state index in [1.807, 2.05) is 18.2 Å². The molecule has 3 rings (SSSR count). The molecule has 1 heterocycles. The number of nitriles is 1. The highest BCUT2D eigenvalue weighted by molar-refractivity contribution is 5.72. The highest BCUT2D eigenvalue weighted by atomic mass is 15.1. The van der Waals surface area contributed by atoms with Crippen molar-refractivity contribution in [3.8, 4) is 17.3 Å². The van der Waals surface area contributed by atoms with Crippen molar-refractivity contribution in [1.29, 1.82) is 5.26 Å². The molecule has 2 N–H and O–H groups in total. The van der Waals surface area contributed by atoms with Gasteiger partial charge in [0, 0.05) is 18.0 Å². The molecule has 0 atom stereocenters. The molecular formula is C15H16N4. The van der Waals surface area contributed by atoms with E-state index in [-0.39, 0.29) is 0 Å². The van der Waals surface area contributed by atoms with Gasteiger partial charge in [-0.25, -0.2) is 4.98 Å². The quantitative estimate of drug-likeness (QED) is 0.913. The van der Waals surface area contributed by atoms with Crippen LogP contribution >= 0.6 is 0 Å². The highest BCUT2D eigenvalue weighted by Crippen LogP contribution is 2.42. The molecule has 2 aromatic rings. The molecule has 1 aromatic heterocycles. The first-order valence-electron chi connectivity index (χ1n) is 6.61. The molecule has 0 aliphatic heterocycles. The van der Waals surface area contributed by atoms with Crippen LogP contribution in [0.25, 0.3) is 11.3 Å². The van der Waals surface area contributed by atoms with Crippen molar-refractivity contribution in [3.63, 3.8) is 0 Å². The molecule has 19 heavy (non-hydrogen) atoms. The zero-order chi connectivity index (χ0) is 13.4. The molecule has 4 nitrogen and oxygen atoms in total. The maximum atomic E-state index is 8.98. The molecule has 0 spiro atoms. The van der Waals surface area contributed by atoms with Crippen LogP contribution in [0.1, 0.15) is 37.1 Å². The van der Waals surface area contributed by atoms with E-state index in [0.717, 1.165) is 23.6 Å². The lowest BCUT2D eigenvalue weighted by molar-refractivity contribution is 0.708. The maximum Gasteiger partial charge on any atom is 0.131 e. The van der Waals surface area contributed by atoms with E-state index in [2.05, 4.69) is 17.6 Å². The third kappa shape index (κ3) is 1.97. The second-order valence-corrected chi connectivity index (χ2v) is 4.91. The summed E-state index contributed by atoms with van der Waals surface area (Å²) in [7, 11) is 0. The Balaban J connectivity index is 2.12. The van der Waals surface area contributed by atoms with Crippen LogP contribution in [0, 0.1) is 11.3 Å². The van der Waals surface area contributed by atoms with Gasteiger partial charge in [0.1, 0.15) is 17.3 Å². The Kier molecular flexibility index (Phi) is 2.75. The first-order valence-corrected chi connectivity index (χ1v) is 6.61. The molecule has 1 aliphatic rings. The van der Waals surface area contributed by atoms with E-state index in [0.29, 0.717) is 17.3 Å². The van der Waals surface area contributed by atoms with Gasteiger partial charge in [0.05, 0.1) is 11.6 Å². The maximum absolute atomic E-state index is 8.98. The summed E-state index contributed by atoms with van der Waals surface area (Å²) in [5.74, 6) is 2.37. The number of anilines is 1. The van der Waals surface area contributed by atoms with Crippen LogP contribution in [0.3, 0.4) is 0 Å². The van der Waals surface area contributed by atoms with Gasteiger partial charge in [0.25, 0.3) is 0 Å². The highest BCUT2D eigenvalue weighted by Gasteiger charge is 2.30. The fourth-order valence-corrected chi connectivity index (χ4v) is 2.42. The Morgan fingerprint density at radius 1 is 1.47 bits per heavy atom. The summed E-state index contributed by atoms with van der Waals surface area (Å²) in [5.41, 5.74) is 8.58. The average molecular weight is 252 g/mol. The first-order chi connectivity index (χ1) is 9.24. The first kappa shape index (κ1) is 11.8. The molecule has 4 heteroatoms. The third-order valence-electron chi connectivity index (χ3n) is 3.56. The number of benzene rings is 1. The summed E-state index contributed by atoms with van der Waals surface area (Å²) in [6, 6.07) is 9.61. The zero-order valence-electron chi connectivity index (χ0n) is 10.9. The normalized spacial score (nSPS) is 14.3. The molecule has 1 aliphatic carbocycles. The van der Waals surface area contributed by atoms with Crippen LogP contribution in [0.4, 0.5) is 5.82 Å². The summed E-state index contributed by atoms with van der Waals surface area (Å²) in [4.78, 5) is 4.72. The Morgan fingerprint density at radius 2 is 2.26 bits per heavy atom. The van der Waals surface area contributed by atoms with Gasteiger partial charge >= 0.3 is 0 Å². The van der Waals surface area contributed by atoms with Crippen LogP contribution in [0.2, 0.25) is 0 Å². The fourth-order valence-electron chi connectivity index (χ4n) is 2.42. The average Bonchev–Trinajstić information content (AvgIpc) is 3.23. The van der Waals surface area contributed by atoms with Crippen molar-refractivity contribution in [2.75, 3.05) is 5.73 Å². The summed E-state index contributed by atoms with van der Waals surface area (Å²) < 4.78 is 2.09. The second kappa shape index (κ2) is 4.43.